The highest BCUT2D eigenvalue weighted by atomic mass is 16.3. The molecule has 2 fully saturated rings. The molecule has 3 N–H and O–H groups in total. The first-order valence-electron chi connectivity index (χ1n) is 8.45. The van der Waals surface area contributed by atoms with E-state index in [-0.39, 0.29) is 24.1 Å². The van der Waals surface area contributed by atoms with Crippen LogP contribution in [0.5, 0.6) is 0 Å². The molecule has 2 rings (SSSR count). The number of nitrogens with one attached hydrogen (secondary N) is 2. The molecule has 0 radical (unpaired) electrons. The zero-order chi connectivity index (χ0) is 15.3. The van der Waals surface area contributed by atoms with Crippen LogP contribution in [0.15, 0.2) is 0 Å². The second-order valence-electron chi connectivity index (χ2n) is 7.01. The smallest absolute Gasteiger partial charge is 0.315 e. The molecule has 21 heavy (non-hydrogen) atoms. The summed E-state index contributed by atoms with van der Waals surface area (Å²) in [5.74, 6) is 0.567. The number of likely N-dealkylation sites (tertiary alicyclic amines) is 1. The Balaban J connectivity index is 1.72. The van der Waals surface area contributed by atoms with Crippen molar-refractivity contribution in [1.82, 2.24) is 15.5 Å². The Morgan fingerprint density at radius 2 is 2.19 bits per heavy atom. The third-order valence-corrected chi connectivity index (χ3v) is 5.35. The number of carbonyl (C=O) groups is 1. The standard InChI is InChI=1S/C16H31N3O2/c1-3-19-9-5-6-13(11-19)10-17-15(21)18-14-7-4-8-16(14,2)12-20/h13-14,20H,3-12H2,1-2H3,(H2,17,18,21). The molecule has 2 aliphatic rings. The van der Waals surface area contributed by atoms with E-state index in [4.69, 9.17) is 0 Å². The van der Waals surface area contributed by atoms with Gasteiger partial charge in [0.15, 0.2) is 0 Å². The normalized spacial score (nSPS) is 33.9. The van der Waals surface area contributed by atoms with Crippen LogP contribution in [-0.2, 0) is 0 Å². The molecular weight excluding hydrogens is 266 g/mol. The lowest BCUT2D eigenvalue weighted by molar-refractivity contribution is 0.120. The van der Waals surface area contributed by atoms with Crippen molar-refractivity contribution >= 4 is 6.03 Å². The van der Waals surface area contributed by atoms with Crippen LogP contribution in [0.4, 0.5) is 4.79 Å². The molecule has 1 saturated carbocycles. The maximum Gasteiger partial charge on any atom is 0.315 e. The van der Waals surface area contributed by atoms with E-state index < -0.39 is 0 Å². The van der Waals surface area contributed by atoms with E-state index in [1.165, 1.54) is 19.4 Å². The van der Waals surface area contributed by atoms with E-state index in [9.17, 15) is 9.90 Å². The minimum absolute atomic E-state index is 0.0739. The Hall–Kier alpha value is -0.810. The Bertz CT molecular complexity index is 350. The van der Waals surface area contributed by atoms with Gasteiger partial charge in [-0.15, -0.1) is 0 Å². The summed E-state index contributed by atoms with van der Waals surface area (Å²) < 4.78 is 0. The lowest BCUT2D eigenvalue weighted by Crippen LogP contribution is -2.50. The van der Waals surface area contributed by atoms with Crippen LogP contribution in [0, 0.1) is 11.3 Å². The van der Waals surface area contributed by atoms with Gasteiger partial charge in [0.25, 0.3) is 0 Å². The third kappa shape index (κ3) is 4.33. The predicted octanol–water partition coefficient (Wildman–Crippen LogP) is 1.57. The molecule has 1 heterocycles. The van der Waals surface area contributed by atoms with E-state index in [0.29, 0.717) is 5.92 Å². The minimum Gasteiger partial charge on any atom is -0.396 e. The summed E-state index contributed by atoms with van der Waals surface area (Å²) in [4.78, 5) is 14.5. The van der Waals surface area contributed by atoms with Gasteiger partial charge in [0, 0.05) is 24.5 Å². The first kappa shape index (κ1) is 16.6. The number of amides is 2. The van der Waals surface area contributed by atoms with Gasteiger partial charge < -0.3 is 20.6 Å². The van der Waals surface area contributed by atoms with Crippen molar-refractivity contribution in [2.45, 2.75) is 52.0 Å². The number of rotatable bonds is 5. The van der Waals surface area contributed by atoms with E-state index in [0.717, 1.165) is 38.9 Å². The molecule has 1 aliphatic heterocycles. The maximum atomic E-state index is 12.1. The first-order chi connectivity index (χ1) is 10.1. The molecule has 0 spiro atoms. The Morgan fingerprint density at radius 1 is 1.38 bits per heavy atom. The van der Waals surface area contributed by atoms with Crippen LogP contribution in [0.1, 0.15) is 46.0 Å². The maximum absolute atomic E-state index is 12.1. The van der Waals surface area contributed by atoms with Crippen molar-refractivity contribution in [3.63, 3.8) is 0 Å². The van der Waals surface area contributed by atoms with Crippen molar-refractivity contribution in [3.8, 4) is 0 Å². The first-order valence-corrected chi connectivity index (χ1v) is 8.45. The van der Waals surface area contributed by atoms with E-state index in [2.05, 4.69) is 29.4 Å². The van der Waals surface area contributed by atoms with Gasteiger partial charge in [0.1, 0.15) is 0 Å². The SMILES string of the molecule is CCN1CCCC(CNC(=O)NC2CCCC2(C)CO)C1. The second kappa shape index (κ2) is 7.45. The Labute approximate surface area is 128 Å². The number of aliphatic hydroxyl groups excluding tert-OH is 1. The van der Waals surface area contributed by atoms with E-state index >= 15 is 0 Å². The van der Waals surface area contributed by atoms with Gasteiger partial charge in [-0.1, -0.05) is 20.3 Å². The van der Waals surface area contributed by atoms with Crippen molar-refractivity contribution in [2.24, 2.45) is 11.3 Å². The number of aliphatic hydroxyl groups is 1. The van der Waals surface area contributed by atoms with Gasteiger partial charge in [-0.05, 0) is 44.7 Å². The van der Waals surface area contributed by atoms with Crippen molar-refractivity contribution in [2.75, 3.05) is 32.8 Å². The van der Waals surface area contributed by atoms with Gasteiger partial charge in [-0.25, -0.2) is 4.79 Å². The zero-order valence-corrected chi connectivity index (χ0v) is 13.5. The summed E-state index contributed by atoms with van der Waals surface area (Å²) in [5.41, 5.74) is -0.152. The van der Waals surface area contributed by atoms with Gasteiger partial charge in [0.2, 0.25) is 0 Å². The summed E-state index contributed by atoms with van der Waals surface area (Å²) in [5, 5.41) is 15.6. The minimum atomic E-state index is -0.152. The van der Waals surface area contributed by atoms with Crippen LogP contribution in [0.2, 0.25) is 0 Å². The number of hydrogen-bond donors (Lipinski definition) is 3. The molecule has 1 saturated heterocycles. The zero-order valence-electron chi connectivity index (χ0n) is 13.5. The summed E-state index contributed by atoms with van der Waals surface area (Å²) in [6, 6.07) is 0.0243. The lowest BCUT2D eigenvalue weighted by Gasteiger charge is -2.33. The Kier molecular flexibility index (Phi) is 5.88. The molecule has 122 valence electrons. The average Bonchev–Trinajstić information content (AvgIpc) is 2.87. The lowest BCUT2D eigenvalue weighted by atomic mass is 9.86. The molecule has 0 aromatic rings. The van der Waals surface area contributed by atoms with Gasteiger partial charge in [0.05, 0.1) is 6.61 Å². The summed E-state index contributed by atoms with van der Waals surface area (Å²) in [7, 11) is 0. The second-order valence-corrected chi connectivity index (χ2v) is 7.01. The number of hydrogen-bond acceptors (Lipinski definition) is 3. The molecule has 0 bridgehead atoms. The summed E-state index contributed by atoms with van der Waals surface area (Å²) in [6.07, 6.45) is 5.47. The molecule has 5 nitrogen and oxygen atoms in total. The highest BCUT2D eigenvalue weighted by molar-refractivity contribution is 5.74. The fourth-order valence-electron chi connectivity index (χ4n) is 3.72. The number of nitrogens with zero attached hydrogens (tertiary/aromatic N) is 1. The van der Waals surface area contributed by atoms with Gasteiger partial charge in [-0.3, -0.25) is 0 Å². The average molecular weight is 297 g/mol. The quantitative estimate of drug-likeness (QED) is 0.722. The largest absolute Gasteiger partial charge is 0.396 e. The van der Waals surface area contributed by atoms with Gasteiger partial charge in [-0.2, -0.15) is 0 Å². The predicted molar refractivity (Wildman–Crippen MR) is 84.2 cm³/mol. The van der Waals surface area contributed by atoms with Crippen LogP contribution < -0.4 is 10.6 Å². The van der Waals surface area contributed by atoms with E-state index in [1.807, 2.05) is 0 Å². The summed E-state index contributed by atoms with van der Waals surface area (Å²) in [6.45, 7) is 8.53. The highest BCUT2D eigenvalue weighted by Crippen LogP contribution is 2.37. The van der Waals surface area contributed by atoms with Crippen LogP contribution in [-0.4, -0.2) is 54.9 Å². The molecular formula is C16H31N3O2. The number of piperidine rings is 1. The fraction of sp³-hybridized carbons (Fsp3) is 0.938. The van der Waals surface area contributed by atoms with Crippen LogP contribution in [0.25, 0.3) is 0 Å². The van der Waals surface area contributed by atoms with E-state index in [1.54, 1.807) is 0 Å². The van der Waals surface area contributed by atoms with Gasteiger partial charge >= 0.3 is 6.03 Å². The molecule has 3 atom stereocenters. The summed E-state index contributed by atoms with van der Waals surface area (Å²) >= 11 is 0. The monoisotopic (exact) mass is 297 g/mol. The molecule has 0 aromatic carbocycles. The molecule has 0 aromatic heterocycles. The third-order valence-electron chi connectivity index (χ3n) is 5.35. The molecule has 5 heteroatoms. The van der Waals surface area contributed by atoms with Crippen LogP contribution >= 0.6 is 0 Å². The topological polar surface area (TPSA) is 64.6 Å². The van der Waals surface area contributed by atoms with Crippen molar-refractivity contribution in [1.29, 1.82) is 0 Å². The Morgan fingerprint density at radius 3 is 2.90 bits per heavy atom. The molecule has 1 aliphatic carbocycles. The highest BCUT2D eigenvalue weighted by Gasteiger charge is 2.39. The van der Waals surface area contributed by atoms with Crippen molar-refractivity contribution in [3.05, 3.63) is 0 Å². The van der Waals surface area contributed by atoms with Crippen LogP contribution in [0.3, 0.4) is 0 Å². The fourth-order valence-corrected chi connectivity index (χ4v) is 3.72. The number of carbonyl (C=O) groups excluding carboxylic acids is 1. The van der Waals surface area contributed by atoms with Crippen molar-refractivity contribution < 1.29 is 9.90 Å². The molecule has 2 amide bonds. The number of urea groups is 1. The molecule has 3 unspecified atom stereocenters.